The van der Waals surface area contributed by atoms with Gasteiger partial charge in [0.2, 0.25) is 11.5 Å². The normalized spacial score (nSPS) is 10.1. The fourth-order valence-corrected chi connectivity index (χ4v) is 2.45. The Hall–Kier alpha value is -3.00. The first-order valence-electron chi connectivity index (χ1n) is 6.97. The highest BCUT2D eigenvalue weighted by atomic mass is 35.5. The van der Waals surface area contributed by atoms with Crippen LogP contribution in [0.15, 0.2) is 30.3 Å². The maximum absolute atomic E-state index is 12.6. The van der Waals surface area contributed by atoms with E-state index in [1.54, 1.807) is 18.2 Å². The molecule has 1 amide bonds. The second kappa shape index (κ2) is 7.71. The Morgan fingerprint density at radius 3 is 2.32 bits per heavy atom. The number of hydrogen-bond donors (Lipinski definition) is 1. The van der Waals surface area contributed by atoms with Gasteiger partial charge in [-0.25, -0.2) is 0 Å². The summed E-state index contributed by atoms with van der Waals surface area (Å²) in [5.74, 6) is -0.770. The molecular formula is C16H15ClN2O6. The highest BCUT2D eigenvalue weighted by Gasteiger charge is 2.32. The molecule has 2 rings (SSSR count). The molecular weight excluding hydrogens is 352 g/mol. The van der Waals surface area contributed by atoms with Gasteiger partial charge < -0.3 is 19.5 Å². The molecule has 132 valence electrons. The topological polar surface area (TPSA) is 99.9 Å². The number of carbonyl (C=O) groups excluding carboxylic acids is 1. The van der Waals surface area contributed by atoms with Crippen molar-refractivity contribution >= 4 is 28.9 Å². The molecule has 0 aliphatic carbocycles. The lowest BCUT2D eigenvalue weighted by atomic mass is 10.1. The molecule has 1 N–H and O–H groups in total. The Labute approximate surface area is 148 Å². The van der Waals surface area contributed by atoms with Crippen LogP contribution in [0.2, 0.25) is 5.02 Å². The van der Waals surface area contributed by atoms with Crippen molar-refractivity contribution in [1.82, 2.24) is 0 Å². The summed E-state index contributed by atoms with van der Waals surface area (Å²) >= 11 is 5.87. The Balaban J connectivity index is 2.58. The SMILES string of the molecule is COc1cc(C(=O)Nc2cccc(Cl)c2)c([N+](=O)[O-])c(OC)c1OC. The average molecular weight is 367 g/mol. The smallest absolute Gasteiger partial charge is 0.327 e. The molecule has 8 nitrogen and oxygen atoms in total. The van der Waals surface area contributed by atoms with Crippen LogP contribution in [0.3, 0.4) is 0 Å². The first kappa shape index (κ1) is 18.3. The van der Waals surface area contributed by atoms with E-state index < -0.39 is 16.5 Å². The molecule has 0 spiro atoms. The zero-order chi connectivity index (χ0) is 18.6. The van der Waals surface area contributed by atoms with Crippen molar-refractivity contribution in [2.45, 2.75) is 0 Å². The maximum atomic E-state index is 12.6. The molecule has 0 aromatic heterocycles. The van der Waals surface area contributed by atoms with E-state index in [-0.39, 0.29) is 22.8 Å². The third-order valence-electron chi connectivity index (χ3n) is 3.31. The first-order chi connectivity index (χ1) is 11.9. The third kappa shape index (κ3) is 3.74. The van der Waals surface area contributed by atoms with E-state index in [4.69, 9.17) is 25.8 Å². The number of hydrogen-bond acceptors (Lipinski definition) is 6. The molecule has 2 aromatic rings. The number of ether oxygens (including phenoxy) is 3. The second-order valence-corrected chi connectivity index (χ2v) is 5.20. The number of carbonyl (C=O) groups is 1. The Morgan fingerprint density at radius 2 is 1.80 bits per heavy atom. The lowest BCUT2D eigenvalue weighted by Crippen LogP contribution is -2.15. The molecule has 0 heterocycles. The fraction of sp³-hybridized carbons (Fsp3) is 0.188. The number of methoxy groups -OCH3 is 3. The van der Waals surface area contributed by atoms with E-state index in [2.05, 4.69) is 5.32 Å². The van der Waals surface area contributed by atoms with Gasteiger partial charge in [-0.1, -0.05) is 17.7 Å². The quantitative estimate of drug-likeness (QED) is 0.620. The predicted molar refractivity (Wildman–Crippen MR) is 92.2 cm³/mol. The molecule has 0 atom stereocenters. The number of amides is 1. The monoisotopic (exact) mass is 366 g/mol. The fourth-order valence-electron chi connectivity index (χ4n) is 2.26. The van der Waals surface area contributed by atoms with Gasteiger partial charge in [-0.05, 0) is 18.2 Å². The van der Waals surface area contributed by atoms with Gasteiger partial charge in [0.25, 0.3) is 5.91 Å². The predicted octanol–water partition coefficient (Wildman–Crippen LogP) is 3.53. The molecule has 2 aromatic carbocycles. The van der Waals surface area contributed by atoms with Gasteiger partial charge in [0.1, 0.15) is 5.56 Å². The standard InChI is InChI=1S/C16H15ClN2O6/c1-23-12-8-11(13(19(21)22)15(25-3)14(12)24-2)16(20)18-10-6-4-5-9(17)7-10/h4-8H,1-3H3,(H,18,20). The summed E-state index contributed by atoms with van der Waals surface area (Å²) in [6, 6.07) is 7.62. The van der Waals surface area contributed by atoms with E-state index in [0.29, 0.717) is 10.7 Å². The van der Waals surface area contributed by atoms with Crippen LogP contribution < -0.4 is 19.5 Å². The zero-order valence-corrected chi connectivity index (χ0v) is 14.4. The lowest BCUT2D eigenvalue weighted by Gasteiger charge is -2.15. The summed E-state index contributed by atoms with van der Waals surface area (Å²) in [6.07, 6.45) is 0. The maximum Gasteiger partial charge on any atom is 0.327 e. The largest absolute Gasteiger partial charge is 0.493 e. The Morgan fingerprint density at radius 1 is 1.12 bits per heavy atom. The summed E-state index contributed by atoms with van der Waals surface area (Å²) in [6.45, 7) is 0. The summed E-state index contributed by atoms with van der Waals surface area (Å²) in [5.41, 5.74) is -0.375. The Bertz CT molecular complexity index is 825. The lowest BCUT2D eigenvalue weighted by molar-refractivity contribution is -0.386. The minimum atomic E-state index is -0.715. The summed E-state index contributed by atoms with van der Waals surface area (Å²) < 4.78 is 15.3. The molecule has 0 fully saturated rings. The molecule has 0 unspecified atom stereocenters. The van der Waals surface area contributed by atoms with Crippen LogP contribution in [0, 0.1) is 10.1 Å². The minimum Gasteiger partial charge on any atom is -0.493 e. The highest BCUT2D eigenvalue weighted by molar-refractivity contribution is 6.31. The van der Waals surface area contributed by atoms with Crippen LogP contribution in [0.1, 0.15) is 10.4 Å². The summed E-state index contributed by atoms with van der Waals surface area (Å²) in [4.78, 5) is 23.4. The Kier molecular flexibility index (Phi) is 5.66. The molecule has 9 heteroatoms. The van der Waals surface area contributed by atoms with Gasteiger partial charge in [0, 0.05) is 16.8 Å². The molecule has 0 aliphatic heterocycles. The van der Waals surface area contributed by atoms with Crippen LogP contribution in [0.25, 0.3) is 0 Å². The highest BCUT2D eigenvalue weighted by Crippen LogP contribution is 2.46. The molecule has 0 bridgehead atoms. The van der Waals surface area contributed by atoms with Crippen molar-refractivity contribution in [2.24, 2.45) is 0 Å². The van der Waals surface area contributed by atoms with E-state index in [1.165, 1.54) is 33.5 Å². The van der Waals surface area contributed by atoms with Gasteiger partial charge in [-0.3, -0.25) is 14.9 Å². The van der Waals surface area contributed by atoms with Crippen LogP contribution in [0.5, 0.6) is 17.2 Å². The zero-order valence-electron chi connectivity index (χ0n) is 13.7. The van der Waals surface area contributed by atoms with Gasteiger partial charge in [-0.15, -0.1) is 0 Å². The van der Waals surface area contributed by atoms with Gasteiger partial charge in [0.15, 0.2) is 5.75 Å². The third-order valence-corrected chi connectivity index (χ3v) is 3.55. The molecule has 0 saturated carbocycles. The number of benzene rings is 2. The van der Waals surface area contributed by atoms with Crippen molar-refractivity contribution in [3.05, 3.63) is 51.0 Å². The van der Waals surface area contributed by atoms with E-state index in [0.717, 1.165) is 0 Å². The summed E-state index contributed by atoms with van der Waals surface area (Å²) in [5, 5.41) is 14.5. The van der Waals surface area contributed by atoms with E-state index >= 15 is 0 Å². The summed E-state index contributed by atoms with van der Waals surface area (Å²) in [7, 11) is 3.90. The molecule has 0 radical (unpaired) electrons. The van der Waals surface area contributed by atoms with Crippen molar-refractivity contribution in [2.75, 3.05) is 26.6 Å². The van der Waals surface area contributed by atoms with Gasteiger partial charge in [0.05, 0.1) is 26.3 Å². The first-order valence-corrected chi connectivity index (χ1v) is 7.35. The number of halogens is 1. The molecule has 0 aliphatic rings. The van der Waals surface area contributed by atoms with Crippen molar-refractivity contribution < 1.29 is 23.9 Å². The van der Waals surface area contributed by atoms with E-state index in [1.807, 2.05) is 0 Å². The minimum absolute atomic E-state index is 0.0241. The van der Waals surface area contributed by atoms with Crippen LogP contribution in [-0.4, -0.2) is 32.2 Å². The number of anilines is 1. The number of nitrogens with zero attached hydrogens (tertiary/aromatic N) is 1. The second-order valence-electron chi connectivity index (χ2n) is 4.76. The van der Waals surface area contributed by atoms with Crippen LogP contribution >= 0.6 is 11.6 Å². The van der Waals surface area contributed by atoms with Crippen LogP contribution in [0.4, 0.5) is 11.4 Å². The molecule has 0 saturated heterocycles. The van der Waals surface area contributed by atoms with Crippen molar-refractivity contribution in [3.8, 4) is 17.2 Å². The van der Waals surface area contributed by atoms with Gasteiger partial charge >= 0.3 is 5.69 Å². The number of rotatable bonds is 6. The van der Waals surface area contributed by atoms with Crippen molar-refractivity contribution in [1.29, 1.82) is 0 Å². The van der Waals surface area contributed by atoms with Gasteiger partial charge in [-0.2, -0.15) is 0 Å². The number of nitrogens with one attached hydrogen (secondary N) is 1. The number of nitro groups is 1. The van der Waals surface area contributed by atoms with Crippen LogP contribution in [-0.2, 0) is 0 Å². The number of nitro benzene ring substituents is 1. The average Bonchev–Trinajstić information content (AvgIpc) is 2.59. The van der Waals surface area contributed by atoms with Crippen molar-refractivity contribution in [3.63, 3.8) is 0 Å². The van der Waals surface area contributed by atoms with E-state index in [9.17, 15) is 14.9 Å². The molecule has 25 heavy (non-hydrogen) atoms.